The number of carbonyl (C=O) groups is 2. The Hall–Kier alpha value is -3.17. The highest BCUT2D eigenvalue weighted by Gasteiger charge is 2.23. The SMILES string of the molecule is CCCCN(C(=O)c1ccccc1F)c1nnc(-c2ccc(CN(C)CCC(=O)O)cc2)s1. The van der Waals surface area contributed by atoms with Gasteiger partial charge in [0, 0.05) is 25.2 Å². The van der Waals surface area contributed by atoms with E-state index in [1.807, 2.05) is 43.1 Å². The molecule has 0 saturated carbocycles. The second-order valence-electron chi connectivity index (χ2n) is 7.76. The zero-order valence-electron chi connectivity index (χ0n) is 18.7. The highest BCUT2D eigenvalue weighted by Crippen LogP contribution is 2.30. The van der Waals surface area contributed by atoms with Crippen molar-refractivity contribution in [2.75, 3.05) is 25.0 Å². The van der Waals surface area contributed by atoms with Crippen molar-refractivity contribution in [1.29, 1.82) is 0 Å². The minimum Gasteiger partial charge on any atom is -0.481 e. The second-order valence-corrected chi connectivity index (χ2v) is 8.71. The predicted octanol–water partition coefficient (Wildman–Crippen LogP) is 4.70. The average molecular weight is 471 g/mol. The summed E-state index contributed by atoms with van der Waals surface area (Å²) in [7, 11) is 1.88. The zero-order chi connectivity index (χ0) is 23.8. The largest absolute Gasteiger partial charge is 0.481 e. The quantitative estimate of drug-likeness (QED) is 0.437. The lowest BCUT2D eigenvalue weighted by molar-refractivity contribution is -0.137. The summed E-state index contributed by atoms with van der Waals surface area (Å²) < 4.78 is 14.2. The number of amides is 1. The van der Waals surface area contributed by atoms with Crippen LogP contribution >= 0.6 is 11.3 Å². The van der Waals surface area contributed by atoms with Crippen molar-refractivity contribution < 1.29 is 19.1 Å². The Morgan fingerprint density at radius 2 is 1.79 bits per heavy atom. The zero-order valence-corrected chi connectivity index (χ0v) is 19.5. The molecule has 0 atom stereocenters. The van der Waals surface area contributed by atoms with Gasteiger partial charge in [0.2, 0.25) is 5.13 Å². The van der Waals surface area contributed by atoms with Crippen LogP contribution in [0.25, 0.3) is 10.6 Å². The molecule has 0 spiro atoms. The fraction of sp³-hybridized carbons (Fsp3) is 0.333. The number of benzene rings is 2. The first-order chi connectivity index (χ1) is 15.9. The van der Waals surface area contributed by atoms with Crippen molar-refractivity contribution in [2.24, 2.45) is 0 Å². The lowest BCUT2D eigenvalue weighted by atomic mass is 10.1. The van der Waals surface area contributed by atoms with E-state index in [1.165, 1.54) is 28.4 Å². The summed E-state index contributed by atoms with van der Waals surface area (Å²) in [6.07, 6.45) is 1.75. The maximum Gasteiger partial charge on any atom is 0.304 e. The molecule has 1 heterocycles. The predicted molar refractivity (Wildman–Crippen MR) is 127 cm³/mol. The maximum atomic E-state index is 14.2. The molecular weight excluding hydrogens is 443 g/mol. The number of aromatic nitrogens is 2. The standard InChI is InChI=1S/C24H27FN4O3S/c1-3-4-14-29(23(32)19-7-5-6-8-20(19)25)24-27-26-22(33-24)18-11-9-17(10-12-18)16-28(2)15-13-21(30)31/h5-12H,3-4,13-16H2,1-2H3,(H,30,31). The van der Waals surface area contributed by atoms with Gasteiger partial charge in [-0.25, -0.2) is 4.39 Å². The molecule has 7 nitrogen and oxygen atoms in total. The number of carboxylic acid groups (broad SMARTS) is 1. The number of aliphatic carboxylic acids is 1. The number of nitrogens with zero attached hydrogens (tertiary/aromatic N) is 4. The third kappa shape index (κ3) is 6.66. The van der Waals surface area contributed by atoms with Crippen LogP contribution in [0.4, 0.5) is 9.52 Å². The Labute approximate surface area is 196 Å². The molecule has 0 bridgehead atoms. The van der Waals surface area contributed by atoms with E-state index in [0.29, 0.717) is 29.8 Å². The minimum atomic E-state index is -0.814. The molecule has 9 heteroatoms. The Morgan fingerprint density at radius 3 is 2.45 bits per heavy atom. The summed E-state index contributed by atoms with van der Waals surface area (Å²) in [5, 5.41) is 18.4. The van der Waals surface area contributed by atoms with Gasteiger partial charge < -0.3 is 10.0 Å². The normalized spacial score (nSPS) is 11.0. The van der Waals surface area contributed by atoms with Crippen LogP contribution < -0.4 is 4.90 Å². The number of unbranched alkanes of at least 4 members (excludes halogenated alkanes) is 1. The summed E-state index contributed by atoms with van der Waals surface area (Å²) in [6, 6.07) is 13.7. The van der Waals surface area contributed by atoms with Gasteiger partial charge in [-0.3, -0.25) is 14.5 Å². The third-order valence-corrected chi connectivity index (χ3v) is 6.09. The lowest BCUT2D eigenvalue weighted by Gasteiger charge is -2.19. The first-order valence-corrected chi connectivity index (χ1v) is 11.6. The van der Waals surface area contributed by atoms with Crippen LogP contribution in [-0.2, 0) is 11.3 Å². The molecule has 1 aromatic heterocycles. The molecule has 1 N–H and O–H groups in total. The van der Waals surface area contributed by atoms with Crippen molar-refractivity contribution in [3.8, 4) is 10.6 Å². The van der Waals surface area contributed by atoms with Gasteiger partial charge in [-0.05, 0) is 31.2 Å². The van der Waals surface area contributed by atoms with Gasteiger partial charge in [0.05, 0.1) is 12.0 Å². The summed E-state index contributed by atoms with van der Waals surface area (Å²) in [6.45, 7) is 3.56. The van der Waals surface area contributed by atoms with Crippen LogP contribution in [0.5, 0.6) is 0 Å². The minimum absolute atomic E-state index is 0.0155. The van der Waals surface area contributed by atoms with Gasteiger partial charge in [-0.2, -0.15) is 0 Å². The van der Waals surface area contributed by atoms with Crippen molar-refractivity contribution in [3.63, 3.8) is 0 Å². The van der Waals surface area contributed by atoms with Gasteiger partial charge in [0.1, 0.15) is 10.8 Å². The van der Waals surface area contributed by atoms with Crippen molar-refractivity contribution in [1.82, 2.24) is 15.1 Å². The molecule has 0 unspecified atom stereocenters. The topological polar surface area (TPSA) is 86.6 Å². The van der Waals surface area contributed by atoms with Gasteiger partial charge in [-0.1, -0.05) is 61.1 Å². The highest BCUT2D eigenvalue weighted by molar-refractivity contribution is 7.18. The van der Waals surface area contributed by atoms with Gasteiger partial charge in [0.25, 0.3) is 5.91 Å². The molecule has 0 aliphatic rings. The molecule has 3 rings (SSSR count). The molecule has 0 fully saturated rings. The monoisotopic (exact) mass is 470 g/mol. The molecule has 1 amide bonds. The van der Waals surface area contributed by atoms with Crippen molar-refractivity contribution in [2.45, 2.75) is 32.7 Å². The van der Waals surface area contributed by atoms with E-state index >= 15 is 0 Å². The smallest absolute Gasteiger partial charge is 0.304 e. The number of carboxylic acids is 1. The van der Waals surface area contributed by atoms with Gasteiger partial charge in [-0.15, -0.1) is 10.2 Å². The number of rotatable bonds is 11. The summed E-state index contributed by atoms with van der Waals surface area (Å²) in [4.78, 5) is 27.2. The molecule has 2 aromatic carbocycles. The lowest BCUT2D eigenvalue weighted by Crippen LogP contribution is -2.32. The fourth-order valence-electron chi connectivity index (χ4n) is 3.25. The number of hydrogen-bond donors (Lipinski definition) is 1. The van der Waals surface area contributed by atoms with E-state index in [-0.39, 0.29) is 12.0 Å². The van der Waals surface area contributed by atoms with Crippen LogP contribution in [-0.4, -0.2) is 52.2 Å². The van der Waals surface area contributed by atoms with E-state index in [0.717, 1.165) is 24.0 Å². The fourth-order valence-corrected chi connectivity index (χ4v) is 4.13. The van der Waals surface area contributed by atoms with E-state index in [9.17, 15) is 14.0 Å². The Balaban J connectivity index is 1.75. The van der Waals surface area contributed by atoms with Crippen LogP contribution in [0, 0.1) is 5.82 Å². The molecule has 0 saturated heterocycles. The first kappa shape index (κ1) is 24.5. The van der Waals surface area contributed by atoms with Gasteiger partial charge in [0.15, 0.2) is 0 Å². The molecule has 3 aromatic rings. The van der Waals surface area contributed by atoms with Crippen LogP contribution in [0.1, 0.15) is 42.1 Å². The van der Waals surface area contributed by atoms with E-state index in [1.54, 1.807) is 12.1 Å². The van der Waals surface area contributed by atoms with E-state index < -0.39 is 17.7 Å². The number of hydrogen-bond acceptors (Lipinski definition) is 6. The second kappa shape index (κ2) is 11.6. The molecule has 33 heavy (non-hydrogen) atoms. The van der Waals surface area contributed by atoms with Crippen LogP contribution in [0.3, 0.4) is 0 Å². The average Bonchev–Trinajstić information content (AvgIpc) is 3.28. The maximum absolute atomic E-state index is 14.2. The number of halogens is 1. The third-order valence-electron chi connectivity index (χ3n) is 5.09. The molecular formula is C24H27FN4O3S. The summed E-state index contributed by atoms with van der Waals surface area (Å²) >= 11 is 1.29. The van der Waals surface area contributed by atoms with Crippen molar-refractivity contribution in [3.05, 3.63) is 65.5 Å². The van der Waals surface area contributed by atoms with Crippen molar-refractivity contribution >= 4 is 28.3 Å². The van der Waals surface area contributed by atoms with E-state index in [2.05, 4.69) is 10.2 Å². The number of anilines is 1. The Bertz CT molecular complexity index is 1090. The first-order valence-electron chi connectivity index (χ1n) is 10.8. The summed E-state index contributed by atoms with van der Waals surface area (Å²) in [5.74, 6) is -1.80. The van der Waals surface area contributed by atoms with Crippen LogP contribution in [0.2, 0.25) is 0 Å². The molecule has 174 valence electrons. The van der Waals surface area contributed by atoms with E-state index in [4.69, 9.17) is 5.11 Å². The Morgan fingerprint density at radius 1 is 1.06 bits per heavy atom. The van der Waals surface area contributed by atoms with Gasteiger partial charge >= 0.3 is 5.97 Å². The summed E-state index contributed by atoms with van der Waals surface area (Å²) in [5.41, 5.74) is 1.93. The Kier molecular flexibility index (Phi) is 8.62. The van der Waals surface area contributed by atoms with Crippen LogP contribution in [0.15, 0.2) is 48.5 Å². The number of carbonyl (C=O) groups excluding carboxylic acids is 1. The molecule has 0 aliphatic heterocycles. The molecule has 0 radical (unpaired) electrons. The highest BCUT2D eigenvalue weighted by atomic mass is 32.1. The molecule has 0 aliphatic carbocycles.